The van der Waals surface area contributed by atoms with E-state index in [9.17, 15) is 18.0 Å². The second-order valence-corrected chi connectivity index (χ2v) is 9.83. The number of carbonyl (C=O) groups excluding carboxylic acids is 1. The second-order valence-electron chi connectivity index (χ2n) is 8.15. The first-order chi connectivity index (χ1) is 17.6. The third-order valence-electron chi connectivity index (χ3n) is 5.13. The highest BCUT2D eigenvalue weighted by molar-refractivity contribution is 7.92. The zero-order valence-corrected chi connectivity index (χ0v) is 22.3. The molecular weight excluding hydrogens is 500 g/mol. The van der Waals surface area contributed by atoms with Crippen LogP contribution in [0.5, 0.6) is 0 Å². The van der Waals surface area contributed by atoms with Crippen molar-refractivity contribution in [3.63, 3.8) is 0 Å². The fourth-order valence-electron chi connectivity index (χ4n) is 3.16. The zero-order valence-electron chi connectivity index (χ0n) is 21.5. The summed E-state index contributed by atoms with van der Waals surface area (Å²) in [6.07, 6.45) is 2.51. The molecule has 13 heteroatoms. The molecule has 0 aliphatic heterocycles. The maximum atomic E-state index is 12.9. The number of rotatable bonds is 12. The molecule has 1 heterocycles. The fraction of sp³-hybridized carbons (Fsp3) is 0.417. The third kappa shape index (κ3) is 9.26. The average molecular weight is 535 g/mol. The number of nitrogens with zero attached hydrogens (tertiary/aromatic N) is 3. The highest BCUT2D eigenvalue weighted by Crippen LogP contribution is 2.15. The SMILES string of the molecule is CCCC/C(=N\C(N)=N\OCCNC(=O)Cn1c(C)ccc(NS(=O)(=O)c2cccc(C)c2)c1=O)OC. The highest BCUT2D eigenvalue weighted by Gasteiger charge is 2.18. The Labute approximate surface area is 216 Å². The lowest BCUT2D eigenvalue weighted by Crippen LogP contribution is -2.36. The second kappa shape index (κ2) is 14.0. The fourth-order valence-corrected chi connectivity index (χ4v) is 4.32. The first-order valence-electron chi connectivity index (χ1n) is 11.7. The minimum Gasteiger partial charge on any atom is -0.484 e. The number of guanidine groups is 1. The molecule has 2 rings (SSSR count). The van der Waals surface area contributed by atoms with Crippen molar-refractivity contribution in [2.24, 2.45) is 15.9 Å². The van der Waals surface area contributed by atoms with E-state index in [0.717, 1.165) is 18.4 Å². The Morgan fingerprint density at radius 2 is 1.95 bits per heavy atom. The summed E-state index contributed by atoms with van der Waals surface area (Å²) < 4.78 is 34.0. The number of carbonyl (C=O) groups is 1. The van der Waals surface area contributed by atoms with Crippen LogP contribution in [-0.4, -0.2) is 51.0 Å². The van der Waals surface area contributed by atoms with Gasteiger partial charge in [0.25, 0.3) is 21.5 Å². The Balaban J connectivity index is 1.96. The van der Waals surface area contributed by atoms with Gasteiger partial charge in [-0.2, -0.15) is 4.99 Å². The molecule has 0 radical (unpaired) electrons. The molecule has 1 amide bonds. The summed E-state index contributed by atoms with van der Waals surface area (Å²) in [4.78, 5) is 34.4. The van der Waals surface area contributed by atoms with E-state index in [1.807, 2.05) is 6.92 Å². The predicted molar refractivity (Wildman–Crippen MR) is 142 cm³/mol. The van der Waals surface area contributed by atoms with Crippen molar-refractivity contribution in [2.75, 3.05) is 25.0 Å². The summed E-state index contributed by atoms with van der Waals surface area (Å²) in [6, 6.07) is 9.24. The molecule has 12 nitrogen and oxygen atoms in total. The van der Waals surface area contributed by atoms with E-state index in [1.54, 1.807) is 32.0 Å². The largest absolute Gasteiger partial charge is 0.484 e. The highest BCUT2D eigenvalue weighted by atomic mass is 32.2. The van der Waals surface area contributed by atoms with Gasteiger partial charge in [0, 0.05) is 12.1 Å². The lowest BCUT2D eigenvalue weighted by atomic mass is 10.2. The molecule has 0 aliphatic rings. The van der Waals surface area contributed by atoms with Gasteiger partial charge in [-0.1, -0.05) is 25.5 Å². The van der Waals surface area contributed by atoms with E-state index in [-0.39, 0.29) is 36.2 Å². The number of anilines is 1. The number of hydrogen-bond donors (Lipinski definition) is 3. The predicted octanol–water partition coefficient (Wildman–Crippen LogP) is 1.86. The van der Waals surface area contributed by atoms with Crippen LogP contribution >= 0.6 is 0 Å². The van der Waals surface area contributed by atoms with Crippen LogP contribution in [0, 0.1) is 13.8 Å². The quantitative estimate of drug-likeness (QED) is 0.162. The smallest absolute Gasteiger partial charge is 0.275 e. The number of amides is 1. The molecule has 0 fully saturated rings. The van der Waals surface area contributed by atoms with E-state index in [2.05, 4.69) is 20.2 Å². The van der Waals surface area contributed by atoms with Gasteiger partial charge in [0.2, 0.25) is 5.91 Å². The maximum Gasteiger partial charge on any atom is 0.275 e. The van der Waals surface area contributed by atoms with Crippen LogP contribution in [0.25, 0.3) is 0 Å². The standard InChI is InChI=1S/C24H34N6O6S/c1-5-6-10-22(35-4)27-24(25)28-36-14-13-26-21(31)16-30-18(3)11-12-20(23(30)32)29-37(33,34)19-9-7-8-17(2)15-19/h7-9,11-12,15,29H,5-6,10,13-14,16H2,1-4H3,(H2,25,28)(H,26,31)/b27-22+. The number of hydrogen-bond acceptors (Lipinski definition) is 7. The number of aliphatic imine (C=N–C) groups is 1. The third-order valence-corrected chi connectivity index (χ3v) is 6.49. The maximum absolute atomic E-state index is 12.9. The molecule has 0 saturated carbocycles. The minimum atomic E-state index is -3.98. The minimum absolute atomic E-state index is 0.0173. The molecule has 0 bridgehead atoms. The molecule has 0 spiro atoms. The number of pyridine rings is 1. The number of methoxy groups -OCH3 is 1. The van der Waals surface area contributed by atoms with E-state index in [4.69, 9.17) is 15.3 Å². The van der Waals surface area contributed by atoms with Gasteiger partial charge in [-0.3, -0.25) is 14.3 Å². The number of ether oxygens (including phenoxy) is 1. The molecule has 0 atom stereocenters. The lowest BCUT2D eigenvalue weighted by Gasteiger charge is -2.13. The molecule has 2 aromatic rings. The van der Waals surface area contributed by atoms with Gasteiger partial charge < -0.3 is 25.2 Å². The van der Waals surface area contributed by atoms with Gasteiger partial charge in [-0.25, -0.2) is 8.42 Å². The number of aryl methyl sites for hydroxylation is 2. The Bertz CT molecular complexity index is 1300. The van der Waals surface area contributed by atoms with Crippen LogP contribution in [0.3, 0.4) is 0 Å². The molecule has 0 unspecified atom stereocenters. The molecule has 1 aromatic heterocycles. The molecule has 0 saturated heterocycles. The van der Waals surface area contributed by atoms with Crippen molar-refractivity contribution in [2.45, 2.75) is 51.5 Å². The zero-order chi connectivity index (χ0) is 27.4. The number of nitrogens with two attached hydrogens (primary N) is 1. The van der Waals surface area contributed by atoms with Crippen LogP contribution in [0.2, 0.25) is 0 Å². The van der Waals surface area contributed by atoms with E-state index < -0.39 is 21.5 Å². The summed E-state index contributed by atoms with van der Waals surface area (Å²) in [6.45, 7) is 5.26. The van der Waals surface area contributed by atoms with Crippen molar-refractivity contribution in [1.82, 2.24) is 9.88 Å². The average Bonchev–Trinajstić information content (AvgIpc) is 2.85. The Hall–Kier alpha value is -3.87. The van der Waals surface area contributed by atoms with Crippen LogP contribution in [0.4, 0.5) is 5.69 Å². The van der Waals surface area contributed by atoms with Crippen molar-refractivity contribution >= 4 is 33.5 Å². The Morgan fingerprint density at radius 3 is 2.62 bits per heavy atom. The summed E-state index contributed by atoms with van der Waals surface area (Å²) in [5.41, 5.74) is 6.13. The molecule has 202 valence electrons. The van der Waals surface area contributed by atoms with Crippen LogP contribution < -0.4 is 21.3 Å². The number of benzene rings is 1. The summed E-state index contributed by atoms with van der Waals surface area (Å²) in [5, 5.41) is 6.27. The topological polar surface area (TPSA) is 166 Å². The van der Waals surface area contributed by atoms with E-state index in [1.165, 1.54) is 29.9 Å². The van der Waals surface area contributed by atoms with Crippen molar-refractivity contribution < 1.29 is 22.8 Å². The number of unbranched alkanes of at least 4 members (excludes halogenated alkanes) is 1. The summed E-state index contributed by atoms with van der Waals surface area (Å²) in [5.74, 6) is -0.126. The van der Waals surface area contributed by atoms with Crippen molar-refractivity contribution in [3.05, 3.63) is 58.0 Å². The number of nitrogens with one attached hydrogen (secondary N) is 2. The van der Waals surface area contributed by atoms with Gasteiger partial charge >= 0.3 is 0 Å². The van der Waals surface area contributed by atoms with Gasteiger partial charge in [0.1, 0.15) is 18.8 Å². The van der Waals surface area contributed by atoms with Gasteiger partial charge in [0.05, 0.1) is 18.6 Å². The Kier molecular flexibility index (Phi) is 11.1. The molecular formula is C24H34N6O6S. The van der Waals surface area contributed by atoms with E-state index >= 15 is 0 Å². The normalized spacial score (nSPS) is 12.2. The van der Waals surface area contributed by atoms with Crippen molar-refractivity contribution in [1.29, 1.82) is 0 Å². The first kappa shape index (κ1) is 29.4. The number of sulfonamides is 1. The monoisotopic (exact) mass is 534 g/mol. The van der Waals surface area contributed by atoms with Gasteiger partial charge in [0.15, 0.2) is 5.90 Å². The van der Waals surface area contributed by atoms with Gasteiger partial charge in [-0.05, 0) is 55.3 Å². The summed E-state index contributed by atoms with van der Waals surface area (Å²) in [7, 11) is -2.48. The summed E-state index contributed by atoms with van der Waals surface area (Å²) >= 11 is 0. The van der Waals surface area contributed by atoms with Crippen molar-refractivity contribution in [3.8, 4) is 0 Å². The number of oxime groups is 1. The van der Waals surface area contributed by atoms with Crippen LogP contribution in [-0.2, 0) is 30.9 Å². The first-order valence-corrected chi connectivity index (χ1v) is 13.2. The van der Waals surface area contributed by atoms with Gasteiger partial charge in [-0.15, -0.1) is 0 Å². The molecule has 1 aromatic carbocycles. The lowest BCUT2D eigenvalue weighted by molar-refractivity contribution is -0.122. The van der Waals surface area contributed by atoms with E-state index in [0.29, 0.717) is 18.0 Å². The molecule has 0 aliphatic carbocycles. The van der Waals surface area contributed by atoms with Crippen LogP contribution in [0.15, 0.2) is 56.2 Å². The van der Waals surface area contributed by atoms with Crippen LogP contribution in [0.1, 0.15) is 37.4 Å². The molecule has 37 heavy (non-hydrogen) atoms. The number of aromatic nitrogens is 1. The Morgan fingerprint density at radius 1 is 1.19 bits per heavy atom. The molecule has 4 N–H and O–H groups in total.